The standard InChI is InChI=1S/C21H25FN2O/c1-13(2)25-12-21-10-9-16(20(21,3)4)15-11-18(23-24-19(15)21)14-7-5-6-8-17(14)22/h5-8,11,13,16H,9-10,12H2,1-4H3/t16-,21-/m1/s1. The lowest BCUT2D eigenvalue weighted by Gasteiger charge is -2.38. The van der Waals surface area contributed by atoms with Crippen LogP contribution in [0.5, 0.6) is 0 Å². The Hall–Kier alpha value is -1.81. The minimum Gasteiger partial charge on any atom is -0.378 e. The normalized spacial score (nSPS) is 26.2. The maximum Gasteiger partial charge on any atom is 0.132 e. The maximum absolute atomic E-state index is 14.2. The van der Waals surface area contributed by atoms with Crippen molar-refractivity contribution in [1.29, 1.82) is 0 Å². The molecule has 0 N–H and O–H groups in total. The van der Waals surface area contributed by atoms with Crippen LogP contribution in [0, 0.1) is 11.2 Å². The molecule has 0 radical (unpaired) electrons. The summed E-state index contributed by atoms with van der Waals surface area (Å²) in [6, 6.07) is 8.83. The molecule has 0 spiro atoms. The van der Waals surface area contributed by atoms with Gasteiger partial charge in [0, 0.05) is 11.0 Å². The van der Waals surface area contributed by atoms with Crippen molar-refractivity contribution in [3.8, 4) is 11.3 Å². The topological polar surface area (TPSA) is 35.0 Å². The molecule has 0 amide bonds. The fourth-order valence-corrected chi connectivity index (χ4v) is 4.85. The van der Waals surface area contributed by atoms with Crippen molar-refractivity contribution in [2.45, 2.75) is 58.0 Å². The monoisotopic (exact) mass is 340 g/mol. The average Bonchev–Trinajstić information content (AvgIpc) is 2.94. The summed E-state index contributed by atoms with van der Waals surface area (Å²) in [7, 11) is 0. The van der Waals surface area contributed by atoms with Crippen molar-refractivity contribution in [2.24, 2.45) is 5.41 Å². The second-order valence-electron chi connectivity index (χ2n) is 8.27. The second-order valence-corrected chi connectivity index (χ2v) is 8.27. The summed E-state index contributed by atoms with van der Waals surface area (Å²) in [6.45, 7) is 9.45. The van der Waals surface area contributed by atoms with E-state index < -0.39 is 0 Å². The van der Waals surface area contributed by atoms with Crippen molar-refractivity contribution in [1.82, 2.24) is 10.2 Å². The highest BCUT2D eigenvalue weighted by Gasteiger charge is 2.63. The molecule has 2 bridgehead atoms. The Balaban J connectivity index is 1.80. The Labute approximate surface area is 148 Å². The van der Waals surface area contributed by atoms with Crippen LogP contribution >= 0.6 is 0 Å². The van der Waals surface area contributed by atoms with Gasteiger partial charge in [0.1, 0.15) is 5.82 Å². The first-order chi connectivity index (χ1) is 11.9. The Morgan fingerprint density at radius 3 is 2.72 bits per heavy atom. The Bertz CT molecular complexity index is 817. The largest absolute Gasteiger partial charge is 0.378 e. The third-order valence-corrected chi connectivity index (χ3v) is 6.43. The molecule has 25 heavy (non-hydrogen) atoms. The Morgan fingerprint density at radius 2 is 2.00 bits per heavy atom. The van der Waals surface area contributed by atoms with Crippen LogP contribution in [0.4, 0.5) is 4.39 Å². The highest BCUT2D eigenvalue weighted by Crippen LogP contribution is 2.67. The number of halogens is 1. The number of ether oxygens (including phenoxy) is 1. The predicted octanol–water partition coefficient (Wildman–Crippen LogP) is 4.86. The van der Waals surface area contributed by atoms with Gasteiger partial charge in [0.25, 0.3) is 0 Å². The van der Waals surface area contributed by atoms with Gasteiger partial charge in [-0.05, 0) is 61.8 Å². The molecule has 3 nitrogen and oxygen atoms in total. The van der Waals surface area contributed by atoms with Gasteiger partial charge >= 0.3 is 0 Å². The molecule has 1 fully saturated rings. The number of nitrogens with zero attached hydrogens (tertiary/aromatic N) is 2. The van der Waals surface area contributed by atoms with Crippen LogP contribution in [0.15, 0.2) is 30.3 Å². The number of benzene rings is 1. The van der Waals surface area contributed by atoms with Gasteiger partial charge in [-0.25, -0.2) is 4.39 Å². The maximum atomic E-state index is 14.2. The lowest BCUT2D eigenvalue weighted by molar-refractivity contribution is 0.00662. The van der Waals surface area contributed by atoms with Gasteiger partial charge in [0.2, 0.25) is 0 Å². The molecule has 132 valence electrons. The van der Waals surface area contributed by atoms with E-state index in [0.717, 1.165) is 18.5 Å². The third kappa shape index (κ3) is 2.27. The van der Waals surface area contributed by atoms with Crippen LogP contribution in [0.25, 0.3) is 11.3 Å². The molecule has 2 aromatic rings. The van der Waals surface area contributed by atoms with Crippen LogP contribution in [0.3, 0.4) is 0 Å². The number of hydrogen-bond acceptors (Lipinski definition) is 3. The number of rotatable bonds is 4. The zero-order valence-corrected chi connectivity index (χ0v) is 15.3. The molecule has 4 heteroatoms. The lowest BCUT2D eigenvalue weighted by atomic mass is 9.69. The molecule has 4 rings (SSSR count). The fraction of sp³-hybridized carbons (Fsp3) is 0.524. The molecule has 0 unspecified atom stereocenters. The molecule has 1 aromatic heterocycles. The molecule has 2 atom stereocenters. The minimum absolute atomic E-state index is 0.0761. The molecule has 0 saturated heterocycles. The smallest absolute Gasteiger partial charge is 0.132 e. The summed E-state index contributed by atoms with van der Waals surface area (Å²) in [5.74, 6) is 0.177. The number of aromatic nitrogens is 2. The highest BCUT2D eigenvalue weighted by atomic mass is 19.1. The summed E-state index contributed by atoms with van der Waals surface area (Å²) < 4.78 is 20.2. The van der Waals surface area contributed by atoms with Gasteiger partial charge < -0.3 is 4.74 Å². The first kappa shape index (κ1) is 16.6. The van der Waals surface area contributed by atoms with Crippen molar-refractivity contribution < 1.29 is 9.13 Å². The van der Waals surface area contributed by atoms with E-state index in [1.807, 2.05) is 6.07 Å². The number of hydrogen-bond donors (Lipinski definition) is 0. The quantitative estimate of drug-likeness (QED) is 0.797. The Morgan fingerprint density at radius 1 is 1.24 bits per heavy atom. The van der Waals surface area contributed by atoms with Crippen LogP contribution < -0.4 is 0 Å². The molecule has 1 heterocycles. The van der Waals surface area contributed by atoms with Crippen molar-refractivity contribution in [2.75, 3.05) is 6.61 Å². The molecule has 1 aromatic carbocycles. The zero-order chi connectivity index (χ0) is 17.8. The third-order valence-electron chi connectivity index (χ3n) is 6.43. The number of fused-ring (bicyclic) bond motifs is 5. The summed E-state index contributed by atoms with van der Waals surface area (Å²) in [5, 5.41) is 9.00. The van der Waals surface area contributed by atoms with Crippen LogP contribution in [-0.4, -0.2) is 22.9 Å². The van der Waals surface area contributed by atoms with Crippen molar-refractivity contribution in [3.63, 3.8) is 0 Å². The first-order valence-electron chi connectivity index (χ1n) is 9.11. The van der Waals surface area contributed by atoms with E-state index in [2.05, 4.69) is 44.0 Å². The van der Waals surface area contributed by atoms with E-state index in [0.29, 0.717) is 23.8 Å². The summed E-state index contributed by atoms with van der Waals surface area (Å²) in [4.78, 5) is 0. The zero-order valence-electron chi connectivity index (χ0n) is 15.3. The lowest BCUT2D eigenvalue weighted by Crippen LogP contribution is -2.41. The van der Waals surface area contributed by atoms with Gasteiger partial charge in [0.05, 0.1) is 24.1 Å². The predicted molar refractivity (Wildman–Crippen MR) is 95.9 cm³/mol. The van der Waals surface area contributed by atoms with E-state index in [-0.39, 0.29) is 22.8 Å². The van der Waals surface area contributed by atoms with Crippen molar-refractivity contribution in [3.05, 3.63) is 47.4 Å². The van der Waals surface area contributed by atoms with Crippen molar-refractivity contribution >= 4 is 0 Å². The van der Waals surface area contributed by atoms with E-state index in [4.69, 9.17) is 4.74 Å². The summed E-state index contributed by atoms with van der Waals surface area (Å²) in [5.41, 5.74) is 3.43. The van der Waals surface area contributed by atoms with Gasteiger partial charge in [-0.3, -0.25) is 0 Å². The van der Waals surface area contributed by atoms with Crippen LogP contribution in [0.1, 0.15) is 57.7 Å². The summed E-state index contributed by atoms with van der Waals surface area (Å²) >= 11 is 0. The van der Waals surface area contributed by atoms with E-state index >= 15 is 0 Å². The van der Waals surface area contributed by atoms with Gasteiger partial charge in [-0.1, -0.05) is 26.0 Å². The van der Waals surface area contributed by atoms with Gasteiger partial charge in [-0.2, -0.15) is 10.2 Å². The SMILES string of the molecule is CC(C)OC[C@]12CC[C@H](c3cc(-c4ccccc4F)nnc31)C2(C)C. The molecule has 2 aliphatic carbocycles. The van der Waals surface area contributed by atoms with Crippen LogP contribution in [-0.2, 0) is 10.2 Å². The van der Waals surface area contributed by atoms with Gasteiger partial charge in [0.15, 0.2) is 0 Å². The molecule has 2 aliphatic rings. The minimum atomic E-state index is -0.253. The molecular weight excluding hydrogens is 315 g/mol. The van der Waals surface area contributed by atoms with E-state index in [1.165, 1.54) is 11.6 Å². The Kier molecular flexibility index (Phi) is 3.73. The van der Waals surface area contributed by atoms with Crippen LogP contribution in [0.2, 0.25) is 0 Å². The first-order valence-corrected chi connectivity index (χ1v) is 9.11. The molecule has 1 saturated carbocycles. The van der Waals surface area contributed by atoms with Gasteiger partial charge in [-0.15, -0.1) is 0 Å². The summed E-state index contributed by atoms with van der Waals surface area (Å²) in [6.07, 6.45) is 2.40. The molecular formula is C21H25FN2O. The fourth-order valence-electron chi connectivity index (χ4n) is 4.85. The van der Waals surface area contributed by atoms with E-state index in [1.54, 1.807) is 12.1 Å². The second kappa shape index (κ2) is 5.60. The highest BCUT2D eigenvalue weighted by molar-refractivity contribution is 5.62. The molecule has 0 aliphatic heterocycles. The van der Waals surface area contributed by atoms with E-state index in [9.17, 15) is 4.39 Å². The average molecular weight is 340 g/mol.